The lowest BCUT2D eigenvalue weighted by Gasteiger charge is -2.22. The summed E-state index contributed by atoms with van der Waals surface area (Å²) in [7, 11) is 0. The molecular formula is C22H24N2O4. The highest BCUT2D eigenvalue weighted by molar-refractivity contribution is 6.05. The zero-order valence-electron chi connectivity index (χ0n) is 16.3. The fourth-order valence-electron chi connectivity index (χ4n) is 3.01. The van der Waals surface area contributed by atoms with E-state index in [0.29, 0.717) is 11.3 Å². The molecule has 0 unspecified atom stereocenters. The van der Waals surface area contributed by atoms with Crippen LogP contribution >= 0.6 is 0 Å². The number of hydrogen-bond donors (Lipinski definition) is 2. The number of benzene rings is 2. The van der Waals surface area contributed by atoms with Gasteiger partial charge in [0.25, 0.3) is 5.91 Å². The Kier molecular flexibility index (Phi) is 5.49. The van der Waals surface area contributed by atoms with E-state index in [9.17, 15) is 14.7 Å². The van der Waals surface area contributed by atoms with E-state index >= 15 is 0 Å². The second-order valence-electron chi connectivity index (χ2n) is 7.42. The number of nitrogens with zero attached hydrogens (tertiary/aromatic N) is 1. The molecule has 0 saturated heterocycles. The highest BCUT2D eigenvalue weighted by Crippen LogP contribution is 2.31. The third-order valence-electron chi connectivity index (χ3n) is 4.67. The van der Waals surface area contributed by atoms with Gasteiger partial charge >= 0.3 is 5.97 Å². The smallest absolute Gasteiger partial charge is 0.328 e. The van der Waals surface area contributed by atoms with Crippen molar-refractivity contribution in [2.24, 2.45) is 4.99 Å². The molecule has 146 valence electrons. The standard InChI is InChI=1S/C22H24N2O4/c1-14-7-6-9-16(23-14)13-28-19-17-10-5-4-8-15(17)11-12-18(19)20(25)24-22(2,3)21(26)27/h4-5,8-12H,6-7,13H2,1-3H3,(H,24,25)(H,26,27). The minimum absolute atomic E-state index is 0.244. The van der Waals surface area contributed by atoms with Gasteiger partial charge < -0.3 is 15.2 Å². The van der Waals surface area contributed by atoms with Crippen molar-refractivity contribution in [3.8, 4) is 5.75 Å². The van der Waals surface area contributed by atoms with E-state index in [0.717, 1.165) is 35.0 Å². The molecular weight excluding hydrogens is 356 g/mol. The maximum atomic E-state index is 12.8. The Labute approximate surface area is 163 Å². The number of carbonyl (C=O) groups excluding carboxylic acids is 1. The Morgan fingerprint density at radius 3 is 2.68 bits per heavy atom. The first kappa shape index (κ1) is 19.6. The number of carboxylic acid groups (broad SMARTS) is 1. The second kappa shape index (κ2) is 7.84. The summed E-state index contributed by atoms with van der Waals surface area (Å²) in [5, 5.41) is 13.6. The van der Waals surface area contributed by atoms with Crippen molar-refractivity contribution >= 4 is 28.4 Å². The minimum Gasteiger partial charge on any atom is -0.486 e. The third kappa shape index (κ3) is 4.22. The van der Waals surface area contributed by atoms with Gasteiger partial charge in [-0.1, -0.05) is 36.4 Å². The van der Waals surface area contributed by atoms with Crippen LogP contribution in [0.1, 0.15) is 44.0 Å². The summed E-state index contributed by atoms with van der Waals surface area (Å²) in [5.74, 6) is -1.18. The van der Waals surface area contributed by atoms with Crippen molar-refractivity contribution < 1.29 is 19.4 Å². The summed E-state index contributed by atoms with van der Waals surface area (Å²) < 4.78 is 6.05. The number of fused-ring (bicyclic) bond motifs is 1. The van der Waals surface area contributed by atoms with Crippen molar-refractivity contribution in [1.29, 1.82) is 0 Å². The Bertz CT molecular complexity index is 989. The molecule has 0 aromatic heterocycles. The van der Waals surface area contributed by atoms with Gasteiger partial charge in [0.15, 0.2) is 0 Å². The topological polar surface area (TPSA) is 88.0 Å². The fraction of sp³-hybridized carbons (Fsp3) is 0.318. The molecule has 0 saturated carbocycles. The van der Waals surface area contributed by atoms with Gasteiger partial charge in [-0.15, -0.1) is 0 Å². The fourth-order valence-corrected chi connectivity index (χ4v) is 3.01. The molecule has 2 aromatic rings. The molecule has 0 bridgehead atoms. The van der Waals surface area contributed by atoms with Crippen LogP contribution in [-0.2, 0) is 4.79 Å². The second-order valence-corrected chi connectivity index (χ2v) is 7.42. The maximum absolute atomic E-state index is 12.8. The van der Waals surface area contributed by atoms with Crippen LogP contribution in [0.4, 0.5) is 0 Å². The zero-order valence-corrected chi connectivity index (χ0v) is 16.3. The average Bonchev–Trinajstić information content (AvgIpc) is 2.65. The predicted octanol–water partition coefficient (Wildman–Crippen LogP) is 3.95. The Balaban J connectivity index is 1.96. The molecule has 1 aliphatic rings. The monoisotopic (exact) mass is 380 g/mol. The first-order valence-corrected chi connectivity index (χ1v) is 9.21. The molecule has 0 radical (unpaired) electrons. The SMILES string of the molecule is CC1=NC(COc2c(C(=O)NC(C)(C)C(=O)O)ccc3ccccc23)=CCC1. The molecule has 0 spiro atoms. The lowest BCUT2D eigenvalue weighted by Crippen LogP contribution is -2.49. The summed E-state index contributed by atoms with van der Waals surface area (Å²) in [6.45, 7) is 5.12. The highest BCUT2D eigenvalue weighted by Gasteiger charge is 2.30. The zero-order chi connectivity index (χ0) is 20.3. The van der Waals surface area contributed by atoms with E-state index in [1.807, 2.05) is 43.3 Å². The lowest BCUT2D eigenvalue weighted by molar-refractivity contribution is -0.143. The van der Waals surface area contributed by atoms with E-state index in [-0.39, 0.29) is 6.61 Å². The number of aliphatic carboxylic acids is 1. The Morgan fingerprint density at radius 2 is 1.96 bits per heavy atom. The van der Waals surface area contributed by atoms with Crippen molar-refractivity contribution in [3.05, 3.63) is 53.7 Å². The molecule has 3 rings (SSSR count). The van der Waals surface area contributed by atoms with Crippen LogP contribution in [0, 0.1) is 0 Å². The molecule has 2 aromatic carbocycles. The molecule has 6 nitrogen and oxygen atoms in total. The third-order valence-corrected chi connectivity index (χ3v) is 4.67. The number of hydrogen-bond acceptors (Lipinski definition) is 4. The molecule has 2 N–H and O–H groups in total. The van der Waals surface area contributed by atoms with E-state index in [1.165, 1.54) is 13.8 Å². The van der Waals surface area contributed by atoms with Crippen LogP contribution < -0.4 is 10.1 Å². The number of carboxylic acids is 1. The van der Waals surface area contributed by atoms with Crippen LogP contribution in [0.2, 0.25) is 0 Å². The van der Waals surface area contributed by atoms with Crippen LogP contribution in [0.25, 0.3) is 10.8 Å². The van der Waals surface area contributed by atoms with Crippen molar-refractivity contribution in [2.45, 2.75) is 39.2 Å². The number of nitrogens with one attached hydrogen (secondary N) is 1. The van der Waals surface area contributed by atoms with Gasteiger partial charge in [0.05, 0.1) is 11.3 Å². The minimum atomic E-state index is -1.40. The molecule has 6 heteroatoms. The quantitative estimate of drug-likeness (QED) is 0.794. The highest BCUT2D eigenvalue weighted by atomic mass is 16.5. The summed E-state index contributed by atoms with van der Waals surface area (Å²) in [4.78, 5) is 28.7. The molecule has 1 amide bonds. The van der Waals surface area contributed by atoms with Gasteiger partial charge in [0, 0.05) is 11.1 Å². The molecule has 0 fully saturated rings. The summed E-state index contributed by atoms with van der Waals surface area (Å²) in [6, 6.07) is 11.1. The lowest BCUT2D eigenvalue weighted by atomic mass is 10.0. The number of carbonyl (C=O) groups is 2. The van der Waals surface area contributed by atoms with Crippen LogP contribution in [-0.4, -0.2) is 34.8 Å². The van der Waals surface area contributed by atoms with Crippen molar-refractivity contribution in [1.82, 2.24) is 5.32 Å². The molecule has 28 heavy (non-hydrogen) atoms. The Hall–Kier alpha value is -3.15. The summed E-state index contributed by atoms with van der Waals surface area (Å²) in [6.07, 6.45) is 3.89. The van der Waals surface area contributed by atoms with E-state index < -0.39 is 17.4 Å². The summed E-state index contributed by atoms with van der Waals surface area (Å²) >= 11 is 0. The van der Waals surface area contributed by atoms with Gasteiger partial charge in [-0.25, -0.2) is 4.79 Å². The van der Waals surface area contributed by atoms with Gasteiger partial charge in [0.1, 0.15) is 17.9 Å². The number of aliphatic imine (C=N–C) groups is 1. The number of ether oxygens (including phenoxy) is 1. The predicted molar refractivity (Wildman–Crippen MR) is 109 cm³/mol. The average molecular weight is 380 g/mol. The van der Waals surface area contributed by atoms with Crippen molar-refractivity contribution in [3.63, 3.8) is 0 Å². The number of amides is 1. The first-order chi connectivity index (χ1) is 13.3. The molecule has 1 aliphatic heterocycles. The van der Waals surface area contributed by atoms with Crippen LogP contribution in [0.5, 0.6) is 5.75 Å². The summed E-state index contributed by atoms with van der Waals surface area (Å²) in [5.41, 5.74) is 0.784. The maximum Gasteiger partial charge on any atom is 0.328 e. The van der Waals surface area contributed by atoms with Gasteiger partial charge in [-0.05, 0) is 45.1 Å². The molecule has 0 aliphatic carbocycles. The molecule has 1 heterocycles. The van der Waals surface area contributed by atoms with Gasteiger partial charge in [-0.2, -0.15) is 0 Å². The number of rotatable bonds is 6. The Morgan fingerprint density at radius 1 is 1.21 bits per heavy atom. The number of allylic oxidation sites excluding steroid dienone is 1. The molecule has 0 atom stereocenters. The normalized spacial score (nSPS) is 14.2. The first-order valence-electron chi connectivity index (χ1n) is 9.21. The van der Waals surface area contributed by atoms with E-state index in [1.54, 1.807) is 6.07 Å². The van der Waals surface area contributed by atoms with E-state index in [2.05, 4.69) is 10.3 Å². The van der Waals surface area contributed by atoms with Crippen molar-refractivity contribution in [2.75, 3.05) is 6.61 Å². The largest absolute Gasteiger partial charge is 0.486 e. The van der Waals surface area contributed by atoms with Gasteiger partial charge in [0.2, 0.25) is 0 Å². The van der Waals surface area contributed by atoms with E-state index in [4.69, 9.17) is 4.74 Å². The van der Waals surface area contributed by atoms with Crippen LogP contribution in [0.15, 0.2) is 53.2 Å². The van der Waals surface area contributed by atoms with Crippen LogP contribution in [0.3, 0.4) is 0 Å². The van der Waals surface area contributed by atoms with Gasteiger partial charge in [-0.3, -0.25) is 9.79 Å².